The summed E-state index contributed by atoms with van der Waals surface area (Å²) in [6, 6.07) is 13.3. The van der Waals surface area contributed by atoms with Gasteiger partial charge in [-0.25, -0.2) is 8.42 Å². The first kappa shape index (κ1) is 20.2. The molecule has 2 fully saturated rings. The minimum absolute atomic E-state index is 0.137. The molecular weight excluding hydrogens is 416 g/mol. The molecular formula is C23H26N2O5S. The molecule has 1 N–H and O–H groups in total. The van der Waals surface area contributed by atoms with Gasteiger partial charge in [0.1, 0.15) is 19.8 Å². The molecule has 0 spiro atoms. The largest absolute Gasteiger partial charge is 0.486 e. The van der Waals surface area contributed by atoms with Crippen LogP contribution in [0.2, 0.25) is 0 Å². The number of rotatable bonds is 6. The van der Waals surface area contributed by atoms with Gasteiger partial charge >= 0.3 is 0 Å². The number of sulfonamides is 1. The Morgan fingerprint density at radius 2 is 1.77 bits per heavy atom. The third-order valence-corrected chi connectivity index (χ3v) is 8.30. The van der Waals surface area contributed by atoms with E-state index in [4.69, 9.17) is 9.47 Å². The highest BCUT2D eigenvalue weighted by molar-refractivity contribution is 7.92. The SMILES string of the molecule is O=C(CN(c1ccc2c(c1)OCCO2)S(=O)(=O)c1ccccc1)NC1CC2CCC1C2. The Balaban J connectivity index is 1.43. The van der Waals surface area contributed by atoms with E-state index in [2.05, 4.69) is 5.32 Å². The maximum Gasteiger partial charge on any atom is 0.264 e. The third kappa shape index (κ3) is 3.96. The van der Waals surface area contributed by atoms with Crippen molar-refractivity contribution in [3.8, 4) is 11.5 Å². The summed E-state index contributed by atoms with van der Waals surface area (Å²) in [4.78, 5) is 13.1. The molecule has 31 heavy (non-hydrogen) atoms. The molecule has 164 valence electrons. The molecule has 2 aromatic carbocycles. The fourth-order valence-electron chi connectivity index (χ4n) is 5.03. The van der Waals surface area contributed by atoms with Gasteiger partial charge in [0.05, 0.1) is 10.6 Å². The lowest BCUT2D eigenvalue weighted by Gasteiger charge is -2.28. The van der Waals surface area contributed by atoms with Crippen LogP contribution in [0.1, 0.15) is 25.7 Å². The maximum absolute atomic E-state index is 13.5. The van der Waals surface area contributed by atoms with E-state index < -0.39 is 10.0 Å². The average Bonchev–Trinajstić information content (AvgIpc) is 3.41. The first-order chi connectivity index (χ1) is 15.0. The maximum atomic E-state index is 13.5. The molecule has 8 heteroatoms. The lowest BCUT2D eigenvalue weighted by molar-refractivity contribution is -0.120. The van der Waals surface area contributed by atoms with Crippen LogP contribution < -0.4 is 19.1 Å². The first-order valence-electron chi connectivity index (χ1n) is 10.8. The van der Waals surface area contributed by atoms with Crippen LogP contribution in [0.5, 0.6) is 11.5 Å². The summed E-state index contributed by atoms with van der Waals surface area (Å²) in [7, 11) is -3.94. The minimum Gasteiger partial charge on any atom is -0.486 e. The number of nitrogens with zero attached hydrogens (tertiary/aromatic N) is 1. The molecule has 2 bridgehead atoms. The standard InChI is InChI=1S/C23H26N2O5S/c26-23(24-20-13-16-6-7-17(20)12-16)15-25(31(27,28)19-4-2-1-3-5-19)18-8-9-21-22(14-18)30-11-10-29-21/h1-5,8-9,14,16-17,20H,6-7,10-13,15H2,(H,24,26). The van der Waals surface area contributed by atoms with E-state index in [1.165, 1.54) is 25.0 Å². The Bertz CT molecular complexity index is 1070. The van der Waals surface area contributed by atoms with Gasteiger partial charge in [0.25, 0.3) is 10.0 Å². The number of ether oxygens (including phenoxy) is 2. The topological polar surface area (TPSA) is 84.9 Å². The summed E-state index contributed by atoms with van der Waals surface area (Å²) < 4.78 is 39.3. The number of amides is 1. The molecule has 1 aliphatic heterocycles. The van der Waals surface area contributed by atoms with Gasteiger partial charge < -0.3 is 14.8 Å². The Kier molecular flexibility index (Phi) is 5.25. The molecule has 3 unspecified atom stereocenters. The van der Waals surface area contributed by atoms with E-state index in [1.54, 1.807) is 36.4 Å². The second-order valence-electron chi connectivity index (χ2n) is 8.50. The van der Waals surface area contributed by atoms with Crippen molar-refractivity contribution in [1.82, 2.24) is 5.32 Å². The molecule has 2 saturated carbocycles. The number of carbonyl (C=O) groups excluding carboxylic acids is 1. The van der Waals surface area contributed by atoms with E-state index >= 15 is 0 Å². The Labute approximate surface area is 182 Å². The number of hydrogen-bond acceptors (Lipinski definition) is 5. The third-order valence-electron chi connectivity index (χ3n) is 6.52. The quantitative estimate of drug-likeness (QED) is 0.744. The molecule has 3 atom stereocenters. The molecule has 5 rings (SSSR count). The second-order valence-corrected chi connectivity index (χ2v) is 10.4. The van der Waals surface area contributed by atoms with Gasteiger partial charge in [0.2, 0.25) is 5.91 Å². The predicted octanol–water partition coefficient (Wildman–Crippen LogP) is 2.96. The summed E-state index contributed by atoms with van der Waals surface area (Å²) in [6.45, 7) is 0.557. The van der Waals surface area contributed by atoms with E-state index in [0.717, 1.165) is 17.1 Å². The summed E-state index contributed by atoms with van der Waals surface area (Å²) in [6.07, 6.45) is 4.54. The number of hydrogen-bond donors (Lipinski definition) is 1. The van der Waals surface area contributed by atoms with Crippen molar-refractivity contribution in [2.24, 2.45) is 11.8 Å². The fourth-order valence-corrected chi connectivity index (χ4v) is 6.46. The molecule has 7 nitrogen and oxygen atoms in total. The normalized spacial score (nSPS) is 24.1. The predicted molar refractivity (Wildman–Crippen MR) is 116 cm³/mol. The molecule has 2 aliphatic carbocycles. The highest BCUT2D eigenvalue weighted by Crippen LogP contribution is 2.44. The molecule has 2 aromatic rings. The summed E-state index contributed by atoms with van der Waals surface area (Å²) in [5.74, 6) is 1.97. The van der Waals surface area contributed by atoms with Crippen LogP contribution in [0.25, 0.3) is 0 Å². The lowest BCUT2D eigenvalue weighted by atomic mass is 9.95. The number of anilines is 1. The Morgan fingerprint density at radius 1 is 1.00 bits per heavy atom. The van der Waals surface area contributed by atoms with Gasteiger partial charge in [-0.05, 0) is 55.4 Å². The number of fused-ring (bicyclic) bond motifs is 3. The van der Waals surface area contributed by atoms with Gasteiger partial charge in [-0.3, -0.25) is 9.10 Å². The Hall–Kier alpha value is -2.74. The highest BCUT2D eigenvalue weighted by Gasteiger charge is 2.40. The molecule has 3 aliphatic rings. The van der Waals surface area contributed by atoms with E-state index in [-0.39, 0.29) is 23.4 Å². The summed E-state index contributed by atoms with van der Waals surface area (Å²) in [5, 5.41) is 3.10. The number of benzene rings is 2. The van der Waals surface area contributed by atoms with Crippen LogP contribution in [0.15, 0.2) is 53.4 Å². The fraction of sp³-hybridized carbons (Fsp3) is 0.435. The zero-order valence-electron chi connectivity index (χ0n) is 17.2. The van der Waals surface area contributed by atoms with Crippen molar-refractivity contribution < 1.29 is 22.7 Å². The molecule has 0 radical (unpaired) electrons. The van der Waals surface area contributed by atoms with Crippen LogP contribution in [0, 0.1) is 11.8 Å². The summed E-state index contributed by atoms with van der Waals surface area (Å²) >= 11 is 0. The molecule has 0 saturated heterocycles. The second kappa shape index (κ2) is 8.07. The van der Waals surface area contributed by atoms with Crippen LogP contribution >= 0.6 is 0 Å². The van der Waals surface area contributed by atoms with Gasteiger partial charge in [-0.1, -0.05) is 24.6 Å². The van der Waals surface area contributed by atoms with E-state index in [9.17, 15) is 13.2 Å². The van der Waals surface area contributed by atoms with Crippen molar-refractivity contribution in [2.45, 2.75) is 36.6 Å². The van der Waals surface area contributed by atoms with Crippen molar-refractivity contribution in [1.29, 1.82) is 0 Å². The van der Waals surface area contributed by atoms with Crippen LogP contribution in [0.3, 0.4) is 0 Å². The Morgan fingerprint density at radius 3 is 2.48 bits per heavy atom. The molecule has 0 aromatic heterocycles. The average molecular weight is 443 g/mol. The first-order valence-corrected chi connectivity index (χ1v) is 12.2. The van der Waals surface area contributed by atoms with E-state index in [1.807, 2.05) is 0 Å². The van der Waals surface area contributed by atoms with Crippen molar-refractivity contribution in [3.63, 3.8) is 0 Å². The number of carbonyl (C=O) groups is 1. The van der Waals surface area contributed by atoms with Crippen molar-refractivity contribution in [3.05, 3.63) is 48.5 Å². The molecule has 1 heterocycles. The van der Waals surface area contributed by atoms with Crippen LogP contribution in [-0.4, -0.2) is 40.1 Å². The zero-order chi connectivity index (χ0) is 21.4. The van der Waals surface area contributed by atoms with Gasteiger partial charge in [0.15, 0.2) is 11.5 Å². The van der Waals surface area contributed by atoms with Crippen molar-refractivity contribution >= 4 is 21.6 Å². The molecule has 1 amide bonds. The number of nitrogens with one attached hydrogen (secondary N) is 1. The minimum atomic E-state index is -3.94. The van der Waals surface area contributed by atoms with Crippen LogP contribution in [-0.2, 0) is 14.8 Å². The monoisotopic (exact) mass is 442 g/mol. The van der Waals surface area contributed by atoms with Gasteiger partial charge in [-0.15, -0.1) is 0 Å². The van der Waals surface area contributed by atoms with Gasteiger partial charge in [0, 0.05) is 12.1 Å². The zero-order valence-corrected chi connectivity index (χ0v) is 18.0. The van der Waals surface area contributed by atoms with Gasteiger partial charge in [-0.2, -0.15) is 0 Å². The smallest absolute Gasteiger partial charge is 0.264 e. The summed E-state index contributed by atoms with van der Waals surface area (Å²) in [5.41, 5.74) is 0.371. The van der Waals surface area contributed by atoms with E-state index in [0.29, 0.717) is 42.2 Å². The van der Waals surface area contributed by atoms with Crippen molar-refractivity contribution in [2.75, 3.05) is 24.1 Å². The lowest BCUT2D eigenvalue weighted by Crippen LogP contribution is -2.46. The van der Waals surface area contributed by atoms with Crippen LogP contribution in [0.4, 0.5) is 5.69 Å². The highest BCUT2D eigenvalue weighted by atomic mass is 32.2.